The normalized spacial score (nSPS) is 18.5. The van der Waals surface area contributed by atoms with Crippen LogP contribution in [-0.4, -0.2) is 31.6 Å². The molecule has 1 atom stereocenters. The molecule has 1 aliphatic rings. The summed E-state index contributed by atoms with van der Waals surface area (Å²) in [7, 11) is 1.75. The standard InChI is InChI=1S/C19H26N2O/c1-14-9-11-21(12-10-14)17(13-20)19-16-6-4-3-5-15(16)7-8-18(19)22-2/h3-8,14,17H,9-13,20H2,1-2H3/t17-/m1/s1. The molecule has 0 aliphatic carbocycles. The summed E-state index contributed by atoms with van der Waals surface area (Å²) in [4.78, 5) is 2.53. The molecule has 1 heterocycles. The van der Waals surface area contributed by atoms with E-state index in [4.69, 9.17) is 10.5 Å². The fourth-order valence-corrected chi connectivity index (χ4v) is 3.59. The van der Waals surface area contributed by atoms with Crippen molar-refractivity contribution in [2.75, 3.05) is 26.7 Å². The Bertz CT molecular complexity index is 632. The van der Waals surface area contributed by atoms with Crippen LogP contribution in [0.15, 0.2) is 36.4 Å². The van der Waals surface area contributed by atoms with E-state index in [1.807, 2.05) is 0 Å². The van der Waals surface area contributed by atoms with Crippen LogP contribution in [0.4, 0.5) is 0 Å². The maximum atomic E-state index is 6.19. The van der Waals surface area contributed by atoms with Gasteiger partial charge in [-0.25, -0.2) is 0 Å². The van der Waals surface area contributed by atoms with Gasteiger partial charge in [-0.15, -0.1) is 0 Å². The number of fused-ring (bicyclic) bond motifs is 1. The summed E-state index contributed by atoms with van der Waals surface area (Å²) in [6.07, 6.45) is 2.51. The Morgan fingerprint density at radius 3 is 2.59 bits per heavy atom. The lowest BCUT2D eigenvalue weighted by Crippen LogP contribution is -2.39. The molecular weight excluding hydrogens is 272 g/mol. The Balaban J connectivity index is 2.05. The zero-order valence-electron chi connectivity index (χ0n) is 13.6. The van der Waals surface area contributed by atoms with E-state index in [0.29, 0.717) is 6.54 Å². The third-order valence-corrected chi connectivity index (χ3v) is 4.97. The molecular formula is C19H26N2O. The van der Waals surface area contributed by atoms with E-state index in [1.165, 1.54) is 29.2 Å². The number of hydrogen-bond donors (Lipinski definition) is 1. The molecule has 0 radical (unpaired) electrons. The van der Waals surface area contributed by atoms with E-state index in [2.05, 4.69) is 48.2 Å². The Kier molecular flexibility index (Phi) is 4.65. The van der Waals surface area contributed by atoms with Gasteiger partial charge in [-0.3, -0.25) is 4.90 Å². The van der Waals surface area contributed by atoms with Crippen LogP contribution in [0.2, 0.25) is 0 Å². The van der Waals surface area contributed by atoms with Gasteiger partial charge in [0.2, 0.25) is 0 Å². The molecule has 22 heavy (non-hydrogen) atoms. The third kappa shape index (κ3) is 2.83. The first-order valence-corrected chi connectivity index (χ1v) is 8.24. The highest BCUT2D eigenvalue weighted by atomic mass is 16.5. The predicted octanol–water partition coefficient (Wildman–Crippen LogP) is 3.58. The van der Waals surface area contributed by atoms with Crippen molar-refractivity contribution in [3.63, 3.8) is 0 Å². The monoisotopic (exact) mass is 298 g/mol. The Morgan fingerprint density at radius 2 is 1.91 bits per heavy atom. The molecule has 0 unspecified atom stereocenters. The molecule has 3 heteroatoms. The molecule has 1 aliphatic heterocycles. The van der Waals surface area contributed by atoms with Gasteiger partial charge in [0.25, 0.3) is 0 Å². The molecule has 2 N–H and O–H groups in total. The molecule has 118 valence electrons. The molecule has 0 saturated carbocycles. The fraction of sp³-hybridized carbons (Fsp3) is 0.474. The first-order valence-electron chi connectivity index (χ1n) is 8.24. The molecule has 0 spiro atoms. The summed E-state index contributed by atoms with van der Waals surface area (Å²) in [6, 6.07) is 13.0. The van der Waals surface area contributed by atoms with Gasteiger partial charge in [-0.2, -0.15) is 0 Å². The number of methoxy groups -OCH3 is 1. The molecule has 0 bridgehead atoms. The number of likely N-dealkylation sites (tertiary alicyclic amines) is 1. The number of ether oxygens (including phenoxy) is 1. The minimum absolute atomic E-state index is 0.230. The molecule has 2 aromatic rings. The van der Waals surface area contributed by atoms with E-state index in [9.17, 15) is 0 Å². The van der Waals surface area contributed by atoms with Crippen LogP contribution in [-0.2, 0) is 0 Å². The van der Waals surface area contributed by atoms with Crippen LogP contribution < -0.4 is 10.5 Å². The first-order chi connectivity index (χ1) is 10.7. The summed E-state index contributed by atoms with van der Waals surface area (Å²) in [6.45, 7) is 5.21. The maximum absolute atomic E-state index is 6.19. The van der Waals surface area contributed by atoms with Crippen molar-refractivity contribution in [1.82, 2.24) is 4.90 Å². The van der Waals surface area contributed by atoms with Crippen molar-refractivity contribution in [3.8, 4) is 5.75 Å². The van der Waals surface area contributed by atoms with Crippen molar-refractivity contribution >= 4 is 10.8 Å². The minimum atomic E-state index is 0.230. The number of hydrogen-bond acceptors (Lipinski definition) is 3. The number of nitrogens with zero attached hydrogens (tertiary/aromatic N) is 1. The van der Waals surface area contributed by atoms with Crippen LogP contribution in [0.25, 0.3) is 10.8 Å². The highest BCUT2D eigenvalue weighted by Gasteiger charge is 2.27. The zero-order chi connectivity index (χ0) is 15.5. The van der Waals surface area contributed by atoms with Crippen LogP contribution in [0.1, 0.15) is 31.4 Å². The third-order valence-electron chi connectivity index (χ3n) is 4.97. The molecule has 0 aromatic heterocycles. The van der Waals surface area contributed by atoms with Crippen LogP contribution >= 0.6 is 0 Å². The highest BCUT2D eigenvalue weighted by molar-refractivity contribution is 5.88. The predicted molar refractivity (Wildman–Crippen MR) is 92.3 cm³/mol. The summed E-state index contributed by atoms with van der Waals surface area (Å²) < 4.78 is 5.67. The van der Waals surface area contributed by atoms with Crippen LogP contribution in [0, 0.1) is 5.92 Å². The summed E-state index contributed by atoms with van der Waals surface area (Å²) in [5, 5.41) is 2.51. The van der Waals surface area contributed by atoms with Crippen molar-refractivity contribution in [1.29, 1.82) is 0 Å². The molecule has 3 nitrogen and oxygen atoms in total. The fourth-order valence-electron chi connectivity index (χ4n) is 3.59. The van der Waals surface area contributed by atoms with Crippen molar-refractivity contribution in [2.24, 2.45) is 11.7 Å². The number of piperidine rings is 1. The summed E-state index contributed by atoms with van der Waals surface area (Å²) >= 11 is 0. The first kappa shape index (κ1) is 15.3. The second kappa shape index (κ2) is 6.67. The van der Waals surface area contributed by atoms with Gasteiger partial charge in [0.15, 0.2) is 0 Å². The maximum Gasteiger partial charge on any atom is 0.124 e. The average Bonchev–Trinajstić information content (AvgIpc) is 2.57. The van der Waals surface area contributed by atoms with Gasteiger partial charge in [-0.05, 0) is 48.7 Å². The minimum Gasteiger partial charge on any atom is -0.496 e. The number of rotatable bonds is 4. The van der Waals surface area contributed by atoms with Gasteiger partial charge < -0.3 is 10.5 Å². The molecule has 2 aromatic carbocycles. The van der Waals surface area contributed by atoms with Gasteiger partial charge in [0.1, 0.15) is 5.75 Å². The molecule has 1 fully saturated rings. The van der Waals surface area contributed by atoms with E-state index < -0.39 is 0 Å². The molecule has 1 saturated heterocycles. The van der Waals surface area contributed by atoms with E-state index in [-0.39, 0.29) is 6.04 Å². The van der Waals surface area contributed by atoms with Crippen LogP contribution in [0.3, 0.4) is 0 Å². The average molecular weight is 298 g/mol. The quantitative estimate of drug-likeness (QED) is 0.937. The Morgan fingerprint density at radius 1 is 1.18 bits per heavy atom. The summed E-state index contributed by atoms with van der Waals surface area (Å²) in [5.41, 5.74) is 7.44. The van der Waals surface area contributed by atoms with Crippen molar-refractivity contribution < 1.29 is 4.74 Å². The van der Waals surface area contributed by atoms with Crippen LogP contribution in [0.5, 0.6) is 5.75 Å². The molecule has 3 rings (SSSR count). The largest absolute Gasteiger partial charge is 0.496 e. The van der Waals surface area contributed by atoms with E-state index >= 15 is 0 Å². The lowest BCUT2D eigenvalue weighted by Gasteiger charge is -2.37. The number of benzene rings is 2. The lowest BCUT2D eigenvalue weighted by atomic mass is 9.92. The Hall–Kier alpha value is -1.58. The number of nitrogens with two attached hydrogens (primary N) is 1. The molecule has 0 amide bonds. The van der Waals surface area contributed by atoms with E-state index in [1.54, 1.807) is 7.11 Å². The summed E-state index contributed by atoms with van der Waals surface area (Å²) in [5.74, 6) is 1.77. The second-order valence-electron chi connectivity index (χ2n) is 6.37. The second-order valence-corrected chi connectivity index (χ2v) is 6.37. The smallest absolute Gasteiger partial charge is 0.124 e. The Labute approximate surface area is 133 Å². The van der Waals surface area contributed by atoms with Gasteiger partial charge in [0.05, 0.1) is 13.2 Å². The van der Waals surface area contributed by atoms with Gasteiger partial charge in [0, 0.05) is 12.1 Å². The highest BCUT2D eigenvalue weighted by Crippen LogP contribution is 2.37. The van der Waals surface area contributed by atoms with Gasteiger partial charge in [-0.1, -0.05) is 37.3 Å². The SMILES string of the molecule is COc1ccc2ccccc2c1[C@@H](CN)N1CCC(C)CC1. The lowest BCUT2D eigenvalue weighted by molar-refractivity contribution is 0.140. The zero-order valence-corrected chi connectivity index (χ0v) is 13.6. The van der Waals surface area contributed by atoms with E-state index in [0.717, 1.165) is 24.8 Å². The topological polar surface area (TPSA) is 38.5 Å². The van der Waals surface area contributed by atoms with Crippen molar-refractivity contribution in [3.05, 3.63) is 42.0 Å². The van der Waals surface area contributed by atoms with Crippen molar-refractivity contribution in [2.45, 2.75) is 25.8 Å². The van der Waals surface area contributed by atoms with Gasteiger partial charge >= 0.3 is 0 Å².